The molecule has 2 heterocycles. The summed E-state index contributed by atoms with van der Waals surface area (Å²) in [5, 5.41) is 6.76. The highest BCUT2D eigenvalue weighted by atomic mass is 16.5. The second-order valence-electron chi connectivity index (χ2n) is 6.33. The molecule has 6 heteroatoms. The van der Waals surface area contributed by atoms with Crippen LogP contribution in [-0.2, 0) is 15.9 Å². The van der Waals surface area contributed by atoms with Crippen molar-refractivity contribution >= 4 is 5.96 Å². The van der Waals surface area contributed by atoms with Gasteiger partial charge in [-0.2, -0.15) is 0 Å². The molecule has 25 heavy (non-hydrogen) atoms. The molecular weight excluding hydrogens is 318 g/mol. The number of rotatable bonds is 12. The van der Waals surface area contributed by atoms with Gasteiger partial charge in [0.15, 0.2) is 5.96 Å². The molecule has 0 amide bonds. The molecule has 1 atom stereocenters. The van der Waals surface area contributed by atoms with E-state index in [4.69, 9.17) is 13.9 Å². The van der Waals surface area contributed by atoms with E-state index in [1.807, 2.05) is 12.1 Å². The minimum Gasteiger partial charge on any atom is -0.469 e. The molecule has 1 aliphatic heterocycles. The van der Waals surface area contributed by atoms with Crippen LogP contribution >= 0.6 is 0 Å². The van der Waals surface area contributed by atoms with E-state index in [1.54, 1.807) is 6.26 Å². The molecule has 1 aliphatic rings. The zero-order chi connectivity index (χ0) is 17.6. The summed E-state index contributed by atoms with van der Waals surface area (Å²) in [6, 6.07) is 3.91. The molecule has 6 nitrogen and oxygen atoms in total. The van der Waals surface area contributed by atoms with Gasteiger partial charge in [-0.05, 0) is 37.8 Å². The topological polar surface area (TPSA) is 68.0 Å². The molecule has 2 N–H and O–H groups in total. The van der Waals surface area contributed by atoms with Crippen LogP contribution in [0, 0.1) is 0 Å². The van der Waals surface area contributed by atoms with Crippen molar-refractivity contribution in [3.63, 3.8) is 0 Å². The summed E-state index contributed by atoms with van der Waals surface area (Å²) in [5.74, 6) is 1.82. The molecule has 1 fully saturated rings. The SMILES string of the molecule is CCCCOCCCNC(=NCC1CCCO1)NCCc1ccco1. The fraction of sp³-hybridized carbons (Fsp3) is 0.737. The summed E-state index contributed by atoms with van der Waals surface area (Å²) >= 11 is 0. The first kappa shape index (κ1) is 19.8. The smallest absolute Gasteiger partial charge is 0.191 e. The van der Waals surface area contributed by atoms with Gasteiger partial charge in [-0.1, -0.05) is 13.3 Å². The van der Waals surface area contributed by atoms with Gasteiger partial charge in [0, 0.05) is 39.3 Å². The van der Waals surface area contributed by atoms with Crippen molar-refractivity contribution in [3.05, 3.63) is 24.2 Å². The van der Waals surface area contributed by atoms with E-state index in [9.17, 15) is 0 Å². The van der Waals surface area contributed by atoms with Gasteiger partial charge in [-0.25, -0.2) is 0 Å². The van der Waals surface area contributed by atoms with Crippen LogP contribution in [-0.4, -0.2) is 51.5 Å². The number of ether oxygens (including phenoxy) is 2. The second kappa shape index (κ2) is 12.8. The Morgan fingerprint density at radius 3 is 2.92 bits per heavy atom. The highest BCUT2D eigenvalue weighted by Gasteiger charge is 2.14. The maximum absolute atomic E-state index is 5.65. The van der Waals surface area contributed by atoms with Gasteiger partial charge in [-0.15, -0.1) is 0 Å². The first-order chi connectivity index (χ1) is 12.4. The third-order valence-electron chi connectivity index (χ3n) is 4.12. The van der Waals surface area contributed by atoms with Gasteiger partial charge in [0.2, 0.25) is 0 Å². The predicted octanol–water partition coefficient (Wildman–Crippen LogP) is 2.74. The van der Waals surface area contributed by atoms with E-state index in [-0.39, 0.29) is 6.10 Å². The lowest BCUT2D eigenvalue weighted by Crippen LogP contribution is -2.39. The zero-order valence-electron chi connectivity index (χ0n) is 15.5. The van der Waals surface area contributed by atoms with Gasteiger partial charge in [0.05, 0.1) is 18.9 Å². The molecule has 0 bridgehead atoms. The Kier molecular flexibility index (Phi) is 10.1. The average molecular weight is 351 g/mol. The summed E-state index contributed by atoms with van der Waals surface area (Å²) in [4.78, 5) is 4.67. The van der Waals surface area contributed by atoms with Gasteiger partial charge < -0.3 is 24.5 Å². The van der Waals surface area contributed by atoms with Crippen molar-refractivity contribution in [2.75, 3.05) is 39.5 Å². The number of nitrogens with zero attached hydrogens (tertiary/aromatic N) is 1. The van der Waals surface area contributed by atoms with Gasteiger partial charge in [-0.3, -0.25) is 4.99 Å². The van der Waals surface area contributed by atoms with E-state index < -0.39 is 0 Å². The molecule has 1 saturated heterocycles. The predicted molar refractivity (Wildman–Crippen MR) is 100 cm³/mol. The number of aliphatic imine (C=N–C) groups is 1. The molecule has 142 valence electrons. The largest absolute Gasteiger partial charge is 0.469 e. The minimum atomic E-state index is 0.265. The molecular formula is C19H33N3O3. The standard InChI is InChI=1S/C19H33N3O3/c1-2-3-12-23-13-6-10-20-19(22-16-18-8-5-15-25-18)21-11-9-17-7-4-14-24-17/h4,7,14,18H,2-3,5-6,8-13,15-16H2,1H3,(H2,20,21,22). The van der Waals surface area contributed by atoms with Crippen molar-refractivity contribution < 1.29 is 13.9 Å². The number of hydrogen-bond donors (Lipinski definition) is 2. The number of furan rings is 1. The molecule has 0 aliphatic carbocycles. The zero-order valence-corrected chi connectivity index (χ0v) is 15.5. The number of unbranched alkanes of at least 4 members (excludes halogenated alkanes) is 1. The summed E-state index contributed by atoms with van der Waals surface area (Å²) in [6.07, 6.45) is 8.35. The lowest BCUT2D eigenvalue weighted by molar-refractivity contribution is 0.117. The molecule has 2 rings (SSSR count). The first-order valence-corrected chi connectivity index (χ1v) is 9.62. The molecule has 0 spiro atoms. The van der Waals surface area contributed by atoms with Gasteiger partial charge in [0.25, 0.3) is 0 Å². The van der Waals surface area contributed by atoms with Crippen molar-refractivity contribution in [1.29, 1.82) is 0 Å². The normalized spacial score (nSPS) is 17.8. The summed E-state index contributed by atoms with van der Waals surface area (Å²) < 4.78 is 16.6. The Morgan fingerprint density at radius 2 is 2.16 bits per heavy atom. The Balaban J connectivity index is 1.66. The van der Waals surface area contributed by atoms with Crippen molar-refractivity contribution in [2.45, 2.75) is 51.6 Å². The Bertz CT molecular complexity index is 456. The van der Waals surface area contributed by atoms with Gasteiger partial charge >= 0.3 is 0 Å². The van der Waals surface area contributed by atoms with E-state index in [0.717, 1.165) is 76.7 Å². The first-order valence-electron chi connectivity index (χ1n) is 9.62. The lowest BCUT2D eigenvalue weighted by Gasteiger charge is -2.14. The molecule has 0 saturated carbocycles. The van der Waals surface area contributed by atoms with Crippen LogP contribution in [0.1, 0.15) is 44.8 Å². The molecule has 0 aromatic carbocycles. The van der Waals surface area contributed by atoms with Crippen molar-refractivity contribution in [3.8, 4) is 0 Å². The number of hydrogen-bond acceptors (Lipinski definition) is 4. The third-order valence-corrected chi connectivity index (χ3v) is 4.12. The van der Waals surface area contributed by atoms with Crippen LogP contribution in [0.3, 0.4) is 0 Å². The monoisotopic (exact) mass is 351 g/mol. The summed E-state index contributed by atoms with van der Waals surface area (Å²) in [7, 11) is 0. The highest BCUT2D eigenvalue weighted by Crippen LogP contribution is 2.11. The van der Waals surface area contributed by atoms with E-state index >= 15 is 0 Å². The number of guanidine groups is 1. The quantitative estimate of drug-likeness (QED) is 0.344. The maximum Gasteiger partial charge on any atom is 0.191 e. The number of nitrogens with one attached hydrogen (secondary N) is 2. The molecule has 1 aromatic heterocycles. The Labute approximate surface area is 151 Å². The van der Waals surface area contributed by atoms with Crippen LogP contribution in [0.15, 0.2) is 27.8 Å². The fourth-order valence-electron chi connectivity index (χ4n) is 2.64. The van der Waals surface area contributed by atoms with Crippen LogP contribution in [0.4, 0.5) is 0 Å². The van der Waals surface area contributed by atoms with Crippen LogP contribution in [0.2, 0.25) is 0 Å². The Morgan fingerprint density at radius 1 is 1.28 bits per heavy atom. The van der Waals surface area contributed by atoms with E-state index in [0.29, 0.717) is 6.54 Å². The van der Waals surface area contributed by atoms with E-state index in [1.165, 1.54) is 6.42 Å². The van der Waals surface area contributed by atoms with Crippen LogP contribution in [0.25, 0.3) is 0 Å². The van der Waals surface area contributed by atoms with Crippen LogP contribution < -0.4 is 10.6 Å². The molecule has 1 aromatic rings. The van der Waals surface area contributed by atoms with E-state index in [2.05, 4.69) is 22.5 Å². The van der Waals surface area contributed by atoms with Crippen LogP contribution in [0.5, 0.6) is 0 Å². The maximum atomic E-state index is 5.65. The molecule has 0 radical (unpaired) electrons. The summed E-state index contributed by atoms with van der Waals surface area (Å²) in [5.41, 5.74) is 0. The third kappa shape index (κ3) is 8.93. The fourth-order valence-corrected chi connectivity index (χ4v) is 2.64. The lowest BCUT2D eigenvalue weighted by atomic mass is 10.2. The second-order valence-corrected chi connectivity index (χ2v) is 6.33. The Hall–Kier alpha value is -1.53. The van der Waals surface area contributed by atoms with Crippen molar-refractivity contribution in [1.82, 2.24) is 10.6 Å². The average Bonchev–Trinajstić information content (AvgIpc) is 3.32. The minimum absolute atomic E-state index is 0.265. The molecule has 1 unspecified atom stereocenters. The van der Waals surface area contributed by atoms with Crippen molar-refractivity contribution in [2.24, 2.45) is 4.99 Å². The highest BCUT2D eigenvalue weighted by molar-refractivity contribution is 5.79. The summed E-state index contributed by atoms with van der Waals surface area (Å²) in [6.45, 7) is 7.04. The van der Waals surface area contributed by atoms with Gasteiger partial charge in [0.1, 0.15) is 5.76 Å².